The maximum Gasteiger partial charge on any atom is 0.334 e. The molecule has 0 spiro atoms. The monoisotopic (exact) mass is 309 g/mol. The molecule has 0 bridgehead atoms. The molecule has 1 amide bonds. The molecule has 1 heterocycles. The molecule has 94 valence electrons. The number of alkyl halides is 1. The summed E-state index contributed by atoms with van der Waals surface area (Å²) in [5.74, 6) is 0.250. The fourth-order valence-corrected chi connectivity index (χ4v) is 3.82. The van der Waals surface area contributed by atoms with E-state index < -0.39 is 8.56 Å². The van der Waals surface area contributed by atoms with Crippen LogP contribution in [0.4, 0.5) is 0 Å². The van der Waals surface area contributed by atoms with E-state index in [4.69, 9.17) is 8.85 Å². The highest BCUT2D eigenvalue weighted by Crippen LogP contribution is 2.20. The first-order valence-corrected chi connectivity index (χ1v) is 8.97. The Hall–Kier alpha value is 0.0869. The van der Waals surface area contributed by atoms with Gasteiger partial charge in [-0.05, 0) is 19.0 Å². The van der Waals surface area contributed by atoms with Crippen LogP contribution in [0.15, 0.2) is 0 Å². The average Bonchev–Trinajstić information content (AvgIpc) is 2.57. The lowest BCUT2D eigenvalue weighted by Gasteiger charge is -2.24. The van der Waals surface area contributed by atoms with Crippen LogP contribution < -0.4 is 0 Å². The molecule has 6 heteroatoms. The summed E-state index contributed by atoms with van der Waals surface area (Å²) in [6, 6.07) is 0.927. The van der Waals surface area contributed by atoms with Crippen molar-refractivity contribution >= 4 is 30.4 Å². The Morgan fingerprint density at radius 1 is 1.50 bits per heavy atom. The van der Waals surface area contributed by atoms with Gasteiger partial charge in [0.15, 0.2) is 0 Å². The molecule has 4 nitrogen and oxygen atoms in total. The molecule has 1 saturated heterocycles. The second-order valence-corrected chi connectivity index (χ2v) is 9.17. The van der Waals surface area contributed by atoms with Crippen LogP contribution in [0.2, 0.25) is 12.6 Å². The molecule has 0 saturated carbocycles. The van der Waals surface area contributed by atoms with Gasteiger partial charge < -0.3 is 13.8 Å². The zero-order valence-corrected chi connectivity index (χ0v) is 12.7. The minimum absolute atomic E-state index is 0.250. The molecule has 1 fully saturated rings. The van der Waals surface area contributed by atoms with Crippen molar-refractivity contribution in [1.29, 1.82) is 0 Å². The Morgan fingerprint density at radius 3 is 2.56 bits per heavy atom. The Kier molecular flexibility index (Phi) is 5.43. The molecule has 0 aromatic heterocycles. The first-order chi connectivity index (χ1) is 7.50. The van der Waals surface area contributed by atoms with E-state index in [1.807, 2.05) is 11.4 Å². The molecule has 0 aliphatic carbocycles. The predicted molar refractivity (Wildman–Crippen MR) is 69.0 cm³/mol. The van der Waals surface area contributed by atoms with Crippen molar-refractivity contribution < 1.29 is 13.6 Å². The highest BCUT2D eigenvalue weighted by molar-refractivity contribution is 9.09. The molecular weight excluding hydrogens is 290 g/mol. The second-order valence-electron chi connectivity index (χ2n) is 4.29. The predicted octanol–water partition coefficient (Wildman–Crippen LogP) is 1.74. The lowest BCUT2D eigenvalue weighted by Crippen LogP contribution is -2.37. The summed E-state index contributed by atoms with van der Waals surface area (Å²) in [6.45, 7) is 3.69. The van der Waals surface area contributed by atoms with Gasteiger partial charge in [0.05, 0.1) is 0 Å². The minimum atomic E-state index is -1.96. The third kappa shape index (κ3) is 3.83. The van der Waals surface area contributed by atoms with Gasteiger partial charge in [0.2, 0.25) is 5.91 Å². The van der Waals surface area contributed by atoms with Crippen molar-refractivity contribution in [2.75, 3.05) is 27.3 Å². The summed E-state index contributed by atoms with van der Waals surface area (Å²) in [7, 11) is 1.44. The summed E-state index contributed by atoms with van der Waals surface area (Å²) in [6.07, 6.45) is 1.58. The fourth-order valence-electron chi connectivity index (χ4n) is 1.82. The normalized spacial score (nSPS) is 21.9. The van der Waals surface area contributed by atoms with Crippen molar-refractivity contribution in [3.8, 4) is 0 Å². The largest absolute Gasteiger partial charge is 0.398 e. The van der Waals surface area contributed by atoms with Crippen LogP contribution in [0, 0.1) is 0 Å². The molecule has 0 radical (unpaired) electrons. The summed E-state index contributed by atoms with van der Waals surface area (Å²) in [5, 5.41) is 0. The van der Waals surface area contributed by atoms with Gasteiger partial charge in [0.1, 0.15) is 0 Å². The lowest BCUT2D eigenvalue weighted by atomic mass is 10.4. The number of hydrogen-bond acceptors (Lipinski definition) is 3. The lowest BCUT2D eigenvalue weighted by molar-refractivity contribution is -0.127. The summed E-state index contributed by atoms with van der Waals surface area (Å²) in [5.41, 5.74) is 0. The van der Waals surface area contributed by atoms with E-state index in [2.05, 4.69) is 15.9 Å². The minimum Gasteiger partial charge on any atom is -0.398 e. The zero-order valence-electron chi connectivity index (χ0n) is 10.2. The third-order valence-corrected chi connectivity index (χ3v) is 6.69. The smallest absolute Gasteiger partial charge is 0.334 e. The van der Waals surface area contributed by atoms with Crippen molar-refractivity contribution in [2.45, 2.75) is 30.3 Å². The van der Waals surface area contributed by atoms with Gasteiger partial charge in [0, 0.05) is 38.6 Å². The van der Waals surface area contributed by atoms with Crippen molar-refractivity contribution in [3.05, 3.63) is 0 Å². The molecule has 0 N–H and O–H groups in total. The van der Waals surface area contributed by atoms with Gasteiger partial charge in [-0.15, -0.1) is 0 Å². The van der Waals surface area contributed by atoms with E-state index in [0.717, 1.165) is 25.6 Å². The number of halogens is 1. The van der Waals surface area contributed by atoms with Crippen LogP contribution in [0.5, 0.6) is 0 Å². The van der Waals surface area contributed by atoms with Crippen molar-refractivity contribution in [2.24, 2.45) is 0 Å². The standard InChI is InChI=1S/C10H20BrNO3Si/c1-14-16(3,15-2)6-4-5-12-8-9(11)7-10(12)13/h9H,4-8H2,1-3H3. The van der Waals surface area contributed by atoms with E-state index >= 15 is 0 Å². The SMILES string of the molecule is CO[Si](C)(CCCN1CC(Br)CC1=O)OC. The number of likely N-dealkylation sites (tertiary alicyclic amines) is 1. The Morgan fingerprint density at radius 2 is 2.12 bits per heavy atom. The molecular formula is C10H20BrNO3Si. The highest BCUT2D eigenvalue weighted by atomic mass is 79.9. The van der Waals surface area contributed by atoms with E-state index in [0.29, 0.717) is 11.2 Å². The van der Waals surface area contributed by atoms with Crippen molar-refractivity contribution in [1.82, 2.24) is 4.90 Å². The molecule has 0 aromatic carbocycles. The maximum atomic E-state index is 11.5. The van der Waals surface area contributed by atoms with Gasteiger partial charge >= 0.3 is 8.56 Å². The van der Waals surface area contributed by atoms with Gasteiger partial charge in [-0.25, -0.2) is 0 Å². The molecule has 0 aromatic rings. The maximum absolute atomic E-state index is 11.5. The van der Waals surface area contributed by atoms with Gasteiger partial charge in [-0.3, -0.25) is 4.79 Å². The Bertz CT molecular complexity index is 248. The Balaban J connectivity index is 2.28. The summed E-state index contributed by atoms with van der Waals surface area (Å²) >= 11 is 3.47. The molecule has 1 aliphatic heterocycles. The fraction of sp³-hybridized carbons (Fsp3) is 0.900. The molecule has 1 unspecified atom stereocenters. The second kappa shape index (κ2) is 6.14. The van der Waals surface area contributed by atoms with Crippen LogP contribution >= 0.6 is 15.9 Å². The number of nitrogens with zero attached hydrogens (tertiary/aromatic N) is 1. The third-order valence-electron chi connectivity index (χ3n) is 3.09. The molecule has 16 heavy (non-hydrogen) atoms. The van der Waals surface area contributed by atoms with E-state index in [1.165, 1.54) is 0 Å². The number of rotatable bonds is 6. The number of amides is 1. The summed E-state index contributed by atoms with van der Waals surface area (Å²) < 4.78 is 10.8. The summed E-state index contributed by atoms with van der Waals surface area (Å²) in [4.78, 5) is 13.8. The number of carbonyl (C=O) groups is 1. The van der Waals surface area contributed by atoms with Crippen LogP contribution in [-0.2, 0) is 13.6 Å². The van der Waals surface area contributed by atoms with Gasteiger partial charge in [-0.2, -0.15) is 0 Å². The molecule has 1 aliphatic rings. The van der Waals surface area contributed by atoms with E-state index in [1.54, 1.807) is 14.2 Å². The van der Waals surface area contributed by atoms with Crippen molar-refractivity contribution in [3.63, 3.8) is 0 Å². The van der Waals surface area contributed by atoms with Gasteiger partial charge in [0.25, 0.3) is 0 Å². The van der Waals surface area contributed by atoms with Crippen LogP contribution in [0.1, 0.15) is 12.8 Å². The highest BCUT2D eigenvalue weighted by Gasteiger charge is 2.30. The average molecular weight is 310 g/mol. The van der Waals surface area contributed by atoms with Crippen LogP contribution in [0.3, 0.4) is 0 Å². The topological polar surface area (TPSA) is 38.8 Å². The quantitative estimate of drug-likeness (QED) is 0.554. The van der Waals surface area contributed by atoms with E-state index in [9.17, 15) is 4.79 Å². The number of carbonyl (C=O) groups excluding carboxylic acids is 1. The van der Waals surface area contributed by atoms with Crippen LogP contribution in [-0.4, -0.2) is 51.5 Å². The van der Waals surface area contributed by atoms with E-state index in [-0.39, 0.29) is 5.91 Å². The molecule has 1 rings (SSSR count). The van der Waals surface area contributed by atoms with Crippen LogP contribution in [0.25, 0.3) is 0 Å². The first-order valence-electron chi connectivity index (χ1n) is 5.53. The zero-order chi connectivity index (χ0) is 12.2. The first kappa shape index (κ1) is 14.1. The molecule has 1 atom stereocenters. The Labute approximate surface area is 107 Å². The number of hydrogen-bond donors (Lipinski definition) is 0. The van der Waals surface area contributed by atoms with Gasteiger partial charge in [-0.1, -0.05) is 15.9 Å².